The molecule has 7 nitrogen and oxygen atoms in total. The van der Waals surface area contributed by atoms with Crippen LogP contribution in [0.1, 0.15) is 12.0 Å². The zero-order valence-electron chi connectivity index (χ0n) is 11.7. The van der Waals surface area contributed by atoms with E-state index in [1.54, 1.807) is 28.0 Å². The number of anilines is 1. The standard InChI is InChI=1S/C14H17N5O2/c1-10-2-5-15-13(8-10)19-12(3-6-16-19)17-14(21)18-7-4-11(20)9-18/h2-3,5-6,8,11,20H,4,7,9H2,1H3,(H,17,21)/t11-/m0/s1. The van der Waals surface area contributed by atoms with Crippen LogP contribution in [0.2, 0.25) is 0 Å². The molecule has 0 radical (unpaired) electrons. The van der Waals surface area contributed by atoms with Crippen LogP contribution in [0, 0.1) is 6.92 Å². The summed E-state index contributed by atoms with van der Waals surface area (Å²) in [4.78, 5) is 18.0. The molecule has 21 heavy (non-hydrogen) atoms. The largest absolute Gasteiger partial charge is 0.391 e. The van der Waals surface area contributed by atoms with Crippen LogP contribution in [0.3, 0.4) is 0 Å². The molecule has 0 saturated carbocycles. The Kier molecular flexibility index (Phi) is 3.57. The lowest BCUT2D eigenvalue weighted by molar-refractivity contribution is 0.176. The Bertz CT molecular complexity index is 654. The molecular formula is C14H17N5O2. The zero-order chi connectivity index (χ0) is 14.8. The number of hydrogen-bond acceptors (Lipinski definition) is 4. The highest BCUT2D eigenvalue weighted by atomic mass is 16.3. The van der Waals surface area contributed by atoms with E-state index in [0.29, 0.717) is 31.1 Å². The predicted molar refractivity (Wildman–Crippen MR) is 77.3 cm³/mol. The molecule has 1 saturated heterocycles. The molecule has 0 bridgehead atoms. The van der Waals surface area contributed by atoms with Gasteiger partial charge in [0.15, 0.2) is 5.82 Å². The van der Waals surface area contributed by atoms with Crippen molar-refractivity contribution in [3.8, 4) is 5.82 Å². The molecule has 1 aliphatic heterocycles. The Hall–Kier alpha value is -2.41. The molecule has 3 heterocycles. The molecule has 0 unspecified atom stereocenters. The molecular weight excluding hydrogens is 270 g/mol. The second-order valence-electron chi connectivity index (χ2n) is 5.14. The summed E-state index contributed by atoms with van der Waals surface area (Å²) >= 11 is 0. The zero-order valence-corrected chi connectivity index (χ0v) is 11.7. The number of pyridine rings is 1. The smallest absolute Gasteiger partial charge is 0.323 e. The first-order chi connectivity index (χ1) is 10.1. The molecule has 1 aliphatic rings. The van der Waals surface area contributed by atoms with Crippen molar-refractivity contribution < 1.29 is 9.90 Å². The number of nitrogens with zero attached hydrogens (tertiary/aromatic N) is 4. The maximum Gasteiger partial charge on any atom is 0.323 e. The van der Waals surface area contributed by atoms with Crippen molar-refractivity contribution in [2.75, 3.05) is 18.4 Å². The van der Waals surface area contributed by atoms with E-state index in [-0.39, 0.29) is 6.03 Å². The number of aromatic nitrogens is 3. The van der Waals surface area contributed by atoms with Gasteiger partial charge in [0.2, 0.25) is 0 Å². The van der Waals surface area contributed by atoms with Gasteiger partial charge in [-0.05, 0) is 31.0 Å². The number of urea groups is 1. The molecule has 2 aromatic heterocycles. The van der Waals surface area contributed by atoms with Crippen LogP contribution in [0.15, 0.2) is 30.6 Å². The third-order valence-electron chi connectivity index (χ3n) is 3.45. The number of amides is 2. The van der Waals surface area contributed by atoms with Crippen LogP contribution in [0.25, 0.3) is 5.82 Å². The van der Waals surface area contributed by atoms with Crippen LogP contribution in [-0.4, -0.2) is 50.0 Å². The number of aryl methyl sites for hydroxylation is 1. The number of carbonyl (C=O) groups excluding carboxylic acids is 1. The van der Waals surface area contributed by atoms with Crippen molar-refractivity contribution in [2.24, 2.45) is 0 Å². The normalized spacial score (nSPS) is 18.0. The minimum Gasteiger partial charge on any atom is -0.391 e. The third kappa shape index (κ3) is 2.87. The first-order valence-corrected chi connectivity index (χ1v) is 6.84. The molecule has 0 aliphatic carbocycles. The number of hydrogen-bond donors (Lipinski definition) is 2. The van der Waals surface area contributed by atoms with Crippen LogP contribution in [-0.2, 0) is 0 Å². The molecule has 110 valence electrons. The Morgan fingerprint density at radius 2 is 2.29 bits per heavy atom. The summed E-state index contributed by atoms with van der Waals surface area (Å²) in [5.74, 6) is 1.20. The van der Waals surface area contributed by atoms with Crippen LogP contribution < -0.4 is 5.32 Å². The molecule has 0 aromatic carbocycles. The number of aliphatic hydroxyl groups excluding tert-OH is 1. The third-order valence-corrected chi connectivity index (χ3v) is 3.45. The monoisotopic (exact) mass is 287 g/mol. The fourth-order valence-electron chi connectivity index (χ4n) is 2.33. The first-order valence-electron chi connectivity index (χ1n) is 6.84. The lowest BCUT2D eigenvalue weighted by atomic mass is 10.3. The van der Waals surface area contributed by atoms with E-state index in [0.717, 1.165) is 5.56 Å². The Morgan fingerprint density at radius 3 is 3.00 bits per heavy atom. The maximum atomic E-state index is 12.2. The molecule has 0 spiro atoms. The molecule has 1 fully saturated rings. The average Bonchev–Trinajstić information content (AvgIpc) is 3.08. The Labute approximate surface area is 122 Å². The maximum absolute atomic E-state index is 12.2. The Morgan fingerprint density at radius 1 is 1.43 bits per heavy atom. The Balaban J connectivity index is 1.78. The van der Waals surface area contributed by atoms with E-state index in [2.05, 4.69) is 15.4 Å². The van der Waals surface area contributed by atoms with Gasteiger partial charge >= 0.3 is 6.03 Å². The van der Waals surface area contributed by atoms with Crippen molar-refractivity contribution in [1.82, 2.24) is 19.7 Å². The second-order valence-corrected chi connectivity index (χ2v) is 5.14. The molecule has 7 heteroatoms. The van der Waals surface area contributed by atoms with Crippen molar-refractivity contribution >= 4 is 11.8 Å². The highest BCUT2D eigenvalue weighted by Crippen LogP contribution is 2.16. The summed E-state index contributed by atoms with van der Waals surface area (Å²) in [5.41, 5.74) is 1.07. The minimum absolute atomic E-state index is 0.235. The summed E-state index contributed by atoms with van der Waals surface area (Å²) in [6, 6.07) is 5.27. The fourth-order valence-corrected chi connectivity index (χ4v) is 2.33. The van der Waals surface area contributed by atoms with Gasteiger partial charge in [-0.1, -0.05) is 0 Å². The topological polar surface area (TPSA) is 83.3 Å². The lowest BCUT2D eigenvalue weighted by Crippen LogP contribution is -2.34. The summed E-state index contributed by atoms with van der Waals surface area (Å²) in [7, 11) is 0. The summed E-state index contributed by atoms with van der Waals surface area (Å²) < 4.78 is 1.58. The van der Waals surface area contributed by atoms with Crippen molar-refractivity contribution in [2.45, 2.75) is 19.4 Å². The van der Waals surface area contributed by atoms with Gasteiger partial charge in [0.05, 0.1) is 12.3 Å². The van der Waals surface area contributed by atoms with Gasteiger partial charge in [-0.3, -0.25) is 5.32 Å². The van der Waals surface area contributed by atoms with Gasteiger partial charge in [0.25, 0.3) is 0 Å². The molecule has 2 N–H and O–H groups in total. The average molecular weight is 287 g/mol. The van der Waals surface area contributed by atoms with E-state index in [4.69, 9.17) is 0 Å². The van der Waals surface area contributed by atoms with Gasteiger partial charge < -0.3 is 10.0 Å². The van der Waals surface area contributed by atoms with Gasteiger partial charge in [-0.15, -0.1) is 0 Å². The van der Waals surface area contributed by atoms with Crippen molar-refractivity contribution in [3.63, 3.8) is 0 Å². The summed E-state index contributed by atoms with van der Waals surface area (Å²) in [5, 5.41) is 16.5. The fraction of sp³-hybridized carbons (Fsp3) is 0.357. The number of likely N-dealkylation sites (tertiary alicyclic amines) is 1. The van der Waals surface area contributed by atoms with Gasteiger partial charge in [0.1, 0.15) is 5.82 Å². The van der Waals surface area contributed by atoms with E-state index >= 15 is 0 Å². The highest BCUT2D eigenvalue weighted by molar-refractivity contribution is 5.88. The van der Waals surface area contributed by atoms with E-state index in [9.17, 15) is 9.90 Å². The quantitative estimate of drug-likeness (QED) is 0.868. The molecule has 1 atom stereocenters. The number of rotatable bonds is 2. The van der Waals surface area contributed by atoms with Crippen LogP contribution in [0.5, 0.6) is 0 Å². The van der Waals surface area contributed by atoms with E-state index < -0.39 is 6.10 Å². The van der Waals surface area contributed by atoms with Crippen LogP contribution in [0.4, 0.5) is 10.6 Å². The van der Waals surface area contributed by atoms with Crippen molar-refractivity contribution in [1.29, 1.82) is 0 Å². The van der Waals surface area contributed by atoms with E-state index in [1.165, 1.54) is 0 Å². The summed E-state index contributed by atoms with van der Waals surface area (Å²) in [6.07, 6.45) is 3.50. The number of carbonyl (C=O) groups is 1. The first kappa shape index (κ1) is 13.6. The van der Waals surface area contributed by atoms with Crippen LogP contribution >= 0.6 is 0 Å². The van der Waals surface area contributed by atoms with E-state index in [1.807, 2.05) is 19.1 Å². The van der Waals surface area contributed by atoms with Gasteiger partial charge in [0, 0.05) is 25.4 Å². The number of aliphatic hydroxyl groups is 1. The highest BCUT2D eigenvalue weighted by Gasteiger charge is 2.25. The SMILES string of the molecule is Cc1ccnc(-n2nccc2NC(=O)N2CC[C@H](O)C2)c1. The lowest BCUT2D eigenvalue weighted by Gasteiger charge is -2.16. The van der Waals surface area contributed by atoms with Gasteiger partial charge in [-0.25, -0.2) is 9.78 Å². The predicted octanol–water partition coefficient (Wildman–Crippen LogP) is 1.17. The van der Waals surface area contributed by atoms with Gasteiger partial charge in [-0.2, -0.15) is 9.78 Å². The second kappa shape index (κ2) is 5.53. The van der Waals surface area contributed by atoms with Crippen molar-refractivity contribution in [3.05, 3.63) is 36.2 Å². The molecule has 2 amide bonds. The number of β-amino-alcohol motifs (C(OH)–C–C–N with tert-alkyl or cyclic N) is 1. The molecule has 3 rings (SSSR count). The number of nitrogens with one attached hydrogen (secondary N) is 1. The summed E-state index contributed by atoms with van der Waals surface area (Å²) in [6.45, 7) is 2.89. The molecule has 2 aromatic rings. The minimum atomic E-state index is -0.431.